The molecule has 0 bridgehead atoms. The van der Waals surface area contributed by atoms with Gasteiger partial charge in [-0.25, -0.2) is 9.59 Å². The van der Waals surface area contributed by atoms with Crippen molar-refractivity contribution in [1.82, 2.24) is 9.80 Å². The first-order chi connectivity index (χ1) is 22.6. The highest BCUT2D eigenvalue weighted by molar-refractivity contribution is 5.92. The van der Waals surface area contributed by atoms with E-state index in [-0.39, 0.29) is 12.2 Å². The van der Waals surface area contributed by atoms with Crippen LogP contribution in [0.5, 0.6) is 0 Å². The minimum Gasteiger partial charge on any atom is -0.446 e. The van der Waals surface area contributed by atoms with Crippen LogP contribution in [0.2, 0.25) is 0 Å². The summed E-state index contributed by atoms with van der Waals surface area (Å²) in [7, 11) is 0. The van der Waals surface area contributed by atoms with Gasteiger partial charge in [0.2, 0.25) is 0 Å². The average molecular weight is 619 g/mol. The topological polar surface area (TPSA) is 83.1 Å². The lowest BCUT2D eigenvalue weighted by Crippen LogP contribution is -2.45. The van der Waals surface area contributed by atoms with Gasteiger partial charge in [-0.1, -0.05) is 97.1 Å². The van der Waals surface area contributed by atoms with E-state index < -0.39 is 12.2 Å². The summed E-state index contributed by atoms with van der Waals surface area (Å²) in [6.07, 6.45) is 2.33. The lowest BCUT2D eigenvalue weighted by atomic mass is 10.0. The molecule has 0 spiro atoms. The van der Waals surface area contributed by atoms with Crippen molar-refractivity contribution < 1.29 is 19.1 Å². The number of nitrogens with zero attached hydrogens (tertiary/aromatic N) is 2. The number of carbonyl (C=O) groups is 2. The van der Waals surface area contributed by atoms with E-state index in [0.29, 0.717) is 0 Å². The highest BCUT2D eigenvalue weighted by Crippen LogP contribution is 2.29. The van der Waals surface area contributed by atoms with Crippen molar-refractivity contribution >= 4 is 23.6 Å². The van der Waals surface area contributed by atoms with E-state index in [4.69, 9.17) is 9.47 Å². The number of para-hydroxylation sites is 2. The number of anilines is 2. The maximum atomic E-state index is 12.7. The van der Waals surface area contributed by atoms with Crippen LogP contribution in [0, 0.1) is 0 Å². The molecule has 2 heterocycles. The third-order valence-corrected chi connectivity index (χ3v) is 8.85. The number of hydrogen-bond donors (Lipinski definition) is 2. The van der Waals surface area contributed by atoms with Gasteiger partial charge in [-0.2, -0.15) is 0 Å². The van der Waals surface area contributed by atoms with Crippen molar-refractivity contribution in [3.8, 4) is 22.3 Å². The van der Waals surface area contributed by atoms with Crippen molar-refractivity contribution in [3.63, 3.8) is 0 Å². The Bertz CT molecular complexity index is 1450. The lowest BCUT2D eigenvalue weighted by molar-refractivity contribution is 0.0421. The van der Waals surface area contributed by atoms with Gasteiger partial charge in [0.1, 0.15) is 12.2 Å². The van der Waals surface area contributed by atoms with Gasteiger partial charge in [-0.15, -0.1) is 0 Å². The van der Waals surface area contributed by atoms with Gasteiger partial charge >= 0.3 is 12.2 Å². The number of ether oxygens (including phenoxy) is 2. The molecule has 6 rings (SSSR count). The molecule has 2 N–H and O–H groups in total. The maximum Gasteiger partial charge on any atom is 0.411 e. The second-order valence-corrected chi connectivity index (χ2v) is 12.0. The SMILES string of the molecule is O=C(Nc1ccccc1-c1ccccc1)OC1CCN(CCN2CCC(OC(=O)Nc3ccccc3-c3ccccc3)CC2)CC1. The number of likely N-dealkylation sites (tertiary alicyclic amines) is 2. The fourth-order valence-electron chi connectivity index (χ4n) is 6.29. The Morgan fingerprint density at radius 3 is 1.26 bits per heavy atom. The zero-order chi connectivity index (χ0) is 31.6. The van der Waals surface area contributed by atoms with Crippen molar-refractivity contribution in [3.05, 3.63) is 109 Å². The number of piperidine rings is 2. The molecule has 0 aromatic heterocycles. The zero-order valence-electron chi connectivity index (χ0n) is 26.1. The molecule has 4 aromatic rings. The van der Waals surface area contributed by atoms with Crippen LogP contribution in [-0.4, -0.2) is 73.5 Å². The Hall–Kier alpha value is -4.66. The molecule has 2 amide bonds. The number of nitrogens with one attached hydrogen (secondary N) is 2. The molecular formula is C38H42N4O4. The van der Waals surface area contributed by atoms with Crippen molar-refractivity contribution in [1.29, 1.82) is 0 Å². The Labute approximate surface area is 271 Å². The molecule has 2 saturated heterocycles. The van der Waals surface area contributed by atoms with Crippen LogP contribution < -0.4 is 10.6 Å². The Balaban J connectivity index is 0.879. The van der Waals surface area contributed by atoms with Crippen LogP contribution in [0.1, 0.15) is 25.7 Å². The van der Waals surface area contributed by atoms with Gasteiger partial charge in [0.25, 0.3) is 0 Å². The first-order valence-corrected chi connectivity index (χ1v) is 16.3. The summed E-state index contributed by atoms with van der Waals surface area (Å²) < 4.78 is 11.6. The fourth-order valence-corrected chi connectivity index (χ4v) is 6.29. The van der Waals surface area contributed by atoms with Gasteiger partial charge in [0, 0.05) is 50.4 Å². The van der Waals surface area contributed by atoms with Crippen LogP contribution >= 0.6 is 0 Å². The molecule has 0 unspecified atom stereocenters. The maximum absolute atomic E-state index is 12.7. The number of rotatable bonds is 9. The van der Waals surface area contributed by atoms with Crippen molar-refractivity contribution in [2.45, 2.75) is 37.9 Å². The Morgan fingerprint density at radius 1 is 0.522 bits per heavy atom. The quantitative estimate of drug-likeness (QED) is 0.200. The summed E-state index contributed by atoms with van der Waals surface area (Å²) in [6.45, 7) is 5.58. The summed E-state index contributed by atoms with van der Waals surface area (Å²) in [5.41, 5.74) is 5.54. The average Bonchev–Trinajstić information content (AvgIpc) is 3.10. The van der Waals surface area contributed by atoms with Crippen LogP contribution in [0.3, 0.4) is 0 Å². The molecule has 46 heavy (non-hydrogen) atoms. The molecule has 0 saturated carbocycles. The highest BCUT2D eigenvalue weighted by atomic mass is 16.6. The van der Waals surface area contributed by atoms with Gasteiger partial charge in [0.15, 0.2) is 0 Å². The first-order valence-electron chi connectivity index (χ1n) is 16.3. The number of benzene rings is 4. The van der Waals surface area contributed by atoms with Gasteiger partial charge in [-0.3, -0.25) is 10.6 Å². The van der Waals surface area contributed by atoms with E-state index in [1.54, 1.807) is 0 Å². The molecule has 238 valence electrons. The smallest absolute Gasteiger partial charge is 0.411 e. The number of carbonyl (C=O) groups excluding carboxylic acids is 2. The predicted octanol–water partition coefficient (Wildman–Crippen LogP) is 7.75. The van der Waals surface area contributed by atoms with Crippen LogP contribution in [0.15, 0.2) is 109 Å². The van der Waals surface area contributed by atoms with E-state index in [9.17, 15) is 9.59 Å². The van der Waals surface area contributed by atoms with Crippen molar-refractivity contribution in [2.24, 2.45) is 0 Å². The third kappa shape index (κ3) is 8.53. The second kappa shape index (κ2) is 15.6. The minimum absolute atomic E-state index is 0.0844. The van der Waals surface area contributed by atoms with Gasteiger partial charge in [0.05, 0.1) is 11.4 Å². The van der Waals surface area contributed by atoms with Gasteiger partial charge < -0.3 is 19.3 Å². The summed E-state index contributed by atoms with van der Waals surface area (Å²) in [5, 5.41) is 5.91. The van der Waals surface area contributed by atoms with E-state index in [1.165, 1.54) is 0 Å². The van der Waals surface area contributed by atoms with Crippen LogP contribution in [0.25, 0.3) is 22.3 Å². The van der Waals surface area contributed by atoms with E-state index in [0.717, 1.165) is 98.6 Å². The lowest BCUT2D eigenvalue weighted by Gasteiger charge is -2.35. The molecule has 2 fully saturated rings. The summed E-state index contributed by atoms with van der Waals surface area (Å²) in [6, 6.07) is 35.6. The minimum atomic E-state index is -0.402. The molecule has 2 aliphatic heterocycles. The molecule has 0 aliphatic carbocycles. The Kier molecular flexibility index (Phi) is 10.6. The number of hydrogen-bond acceptors (Lipinski definition) is 6. The third-order valence-electron chi connectivity index (χ3n) is 8.85. The van der Waals surface area contributed by atoms with E-state index in [1.807, 2.05) is 109 Å². The molecule has 4 aromatic carbocycles. The molecular weight excluding hydrogens is 576 g/mol. The number of amides is 2. The first kappa shape index (κ1) is 31.3. The standard InChI is InChI=1S/C38H42N4O4/c43-37(39-35-17-9-7-15-33(35)29-11-3-1-4-12-29)45-31-19-23-41(24-20-31)27-28-42-25-21-32(22-26-42)46-38(44)40-36-18-10-8-16-34(36)30-13-5-2-6-14-30/h1-18,31-32H,19-28H2,(H,39,43)(H,40,44). The largest absolute Gasteiger partial charge is 0.446 e. The van der Waals surface area contributed by atoms with Gasteiger partial charge in [-0.05, 0) is 48.9 Å². The molecule has 8 heteroatoms. The van der Waals surface area contributed by atoms with E-state index >= 15 is 0 Å². The van der Waals surface area contributed by atoms with Crippen LogP contribution in [0.4, 0.5) is 21.0 Å². The molecule has 8 nitrogen and oxygen atoms in total. The van der Waals surface area contributed by atoms with Crippen molar-refractivity contribution in [2.75, 3.05) is 49.9 Å². The Morgan fingerprint density at radius 2 is 0.870 bits per heavy atom. The van der Waals surface area contributed by atoms with E-state index in [2.05, 4.69) is 20.4 Å². The summed E-state index contributed by atoms with van der Waals surface area (Å²) in [5.74, 6) is 0. The molecule has 0 atom stereocenters. The fraction of sp³-hybridized carbons (Fsp3) is 0.316. The highest BCUT2D eigenvalue weighted by Gasteiger charge is 2.26. The zero-order valence-corrected chi connectivity index (χ0v) is 26.1. The monoisotopic (exact) mass is 618 g/mol. The second-order valence-electron chi connectivity index (χ2n) is 12.0. The predicted molar refractivity (Wildman–Crippen MR) is 183 cm³/mol. The molecule has 2 aliphatic rings. The summed E-state index contributed by atoms with van der Waals surface area (Å²) >= 11 is 0. The molecule has 0 radical (unpaired) electrons. The van der Waals surface area contributed by atoms with Crippen LogP contribution in [-0.2, 0) is 9.47 Å². The normalized spacial score (nSPS) is 16.4. The summed E-state index contributed by atoms with van der Waals surface area (Å²) in [4.78, 5) is 30.4.